The predicted molar refractivity (Wildman–Crippen MR) is 159 cm³/mol. The van der Waals surface area contributed by atoms with Crippen molar-refractivity contribution in [3.63, 3.8) is 0 Å². The number of aliphatic hydroxyl groups is 2. The quantitative estimate of drug-likeness (QED) is 0.312. The molecule has 1 saturated heterocycles. The molecular formula is C33H54O8. The monoisotopic (exact) mass is 578 g/mol. The summed E-state index contributed by atoms with van der Waals surface area (Å²) in [5, 5.41) is 23.0. The molecule has 0 spiro atoms. The summed E-state index contributed by atoms with van der Waals surface area (Å²) >= 11 is 0. The zero-order chi connectivity index (χ0) is 31.6. The maximum absolute atomic E-state index is 13.7. The van der Waals surface area contributed by atoms with E-state index < -0.39 is 53.7 Å². The number of carbonyl (C=O) groups is 2. The van der Waals surface area contributed by atoms with E-state index in [1.807, 2.05) is 48.5 Å². The Bertz CT molecular complexity index is 1120. The molecule has 2 rings (SSSR count). The van der Waals surface area contributed by atoms with Crippen LogP contribution in [-0.2, 0) is 25.5 Å². The summed E-state index contributed by atoms with van der Waals surface area (Å²) in [6.45, 7) is 21.9. The highest BCUT2D eigenvalue weighted by Gasteiger charge is 2.58. The molecule has 0 bridgehead atoms. The molecule has 234 valence electrons. The normalized spacial score (nSPS) is 28.6. The van der Waals surface area contributed by atoms with E-state index in [2.05, 4.69) is 0 Å². The van der Waals surface area contributed by atoms with Gasteiger partial charge in [-0.05, 0) is 25.7 Å². The Balaban J connectivity index is 2.61. The molecule has 1 aromatic rings. The van der Waals surface area contributed by atoms with Crippen LogP contribution in [0.15, 0.2) is 9.21 Å². The number of hydrogen-bond donors (Lipinski definition) is 2. The van der Waals surface area contributed by atoms with Gasteiger partial charge in [0.2, 0.25) is 0 Å². The predicted octanol–water partition coefficient (Wildman–Crippen LogP) is 5.49. The minimum atomic E-state index is -2.00. The van der Waals surface area contributed by atoms with E-state index in [0.29, 0.717) is 35.5 Å². The number of ketones is 1. The third-order valence-corrected chi connectivity index (χ3v) is 9.51. The first-order valence-electron chi connectivity index (χ1n) is 15.4. The van der Waals surface area contributed by atoms with Crippen LogP contribution in [-0.4, -0.2) is 46.1 Å². The van der Waals surface area contributed by atoms with E-state index >= 15 is 0 Å². The summed E-state index contributed by atoms with van der Waals surface area (Å²) in [5.74, 6) is -5.08. The van der Waals surface area contributed by atoms with Gasteiger partial charge in [0.25, 0.3) is 0 Å². The van der Waals surface area contributed by atoms with Crippen molar-refractivity contribution in [2.24, 2.45) is 35.5 Å². The second kappa shape index (κ2) is 14.0. The molecule has 0 aliphatic carbocycles. The molecule has 0 aromatic carbocycles. The van der Waals surface area contributed by atoms with E-state index in [9.17, 15) is 24.6 Å². The Morgan fingerprint density at radius 1 is 1.02 bits per heavy atom. The van der Waals surface area contributed by atoms with Gasteiger partial charge in [-0.3, -0.25) is 14.4 Å². The van der Waals surface area contributed by atoms with Gasteiger partial charge in [-0.25, -0.2) is 0 Å². The number of ether oxygens (including phenoxy) is 2. The highest BCUT2D eigenvalue weighted by molar-refractivity contribution is 5.84. The summed E-state index contributed by atoms with van der Waals surface area (Å²) in [4.78, 5) is 39.7. The number of rotatable bonds is 12. The van der Waals surface area contributed by atoms with Gasteiger partial charge in [0, 0.05) is 47.6 Å². The molecule has 8 heteroatoms. The standard InChI is InChI=1S/C33H54O8/c1-13-17(5)27(35)19(7)29(37)23(11)33(38)24(12)32(40-26(34)15-16(3)4)22(10)31(41-33)21(9)30-20(8)28(36)18(6)25(14-2)39-30/h16-17,19,21-24,27,31-32,35,38H,13-15H2,1-12H3/t17-,19+,21+,22-,23+,24+,27-,31+,32+,33-/m0/s1. The van der Waals surface area contributed by atoms with Crippen LogP contribution < -0.4 is 5.43 Å². The van der Waals surface area contributed by atoms with E-state index in [1.54, 1.807) is 34.6 Å². The van der Waals surface area contributed by atoms with Crippen LogP contribution in [0.25, 0.3) is 0 Å². The largest absolute Gasteiger partial charge is 0.465 e. The van der Waals surface area contributed by atoms with Crippen LogP contribution in [0.5, 0.6) is 0 Å². The van der Waals surface area contributed by atoms with Crippen molar-refractivity contribution in [2.75, 3.05) is 0 Å². The first-order chi connectivity index (χ1) is 18.9. The van der Waals surface area contributed by atoms with Gasteiger partial charge in [-0.15, -0.1) is 0 Å². The van der Waals surface area contributed by atoms with Crippen molar-refractivity contribution in [3.8, 4) is 0 Å². The van der Waals surface area contributed by atoms with Gasteiger partial charge < -0.3 is 24.1 Å². The summed E-state index contributed by atoms with van der Waals surface area (Å²) in [6.07, 6.45) is -0.916. The van der Waals surface area contributed by atoms with Crippen molar-refractivity contribution >= 4 is 11.8 Å². The van der Waals surface area contributed by atoms with Crippen molar-refractivity contribution < 1.29 is 33.7 Å². The fourth-order valence-electron chi connectivity index (χ4n) is 6.33. The van der Waals surface area contributed by atoms with Crippen molar-refractivity contribution in [2.45, 2.75) is 132 Å². The van der Waals surface area contributed by atoms with Gasteiger partial charge >= 0.3 is 5.97 Å². The highest BCUT2D eigenvalue weighted by atomic mass is 16.6. The van der Waals surface area contributed by atoms with Crippen LogP contribution in [0.3, 0.4) is 0 Å². The molecule has 1 aromatic heterocycles. The lowest BCUT2D eigenvalue weighted by Gasteiger charge is -2.52. The molecule has 0 amide bonds. The van der Waals surface area contributed by atoms with Gasteiger partial charge in [0.1, 0.15) is 23.4 Å². The zero-order valence-corrected chi connectivity index (χ0v) is 27.2. The number of aliphatic hydroxyl groups excluding tert-OH is 1. The topological polar surface area (TPSA) is 123 Å². The Labute approximate surface area is 246 Å². The lowest BCUT2D eigenvalue weighted by Crippen LogP contribution is -2.63. The lowest BCUT2D eigenvalue weighted by atomic mass is 9.70. The Hall–Kier alpha value is -2.03. The van der Waals surface area contributed by atoms with E-state index in [1.165, 1.54) is 0 Å². The molecule has 1 aliphatic rings. The molecule has 0 saturated carbocycles. The number of Topliss-reactive ketones (excluding diaryl/α,β-unsaturated/α-hetero) is 1. The molecule has 2 heterocycles. The van der Waals surface area contributed by atoms with Gasteiger partial charge in [0.15, 0.2) is 11.2 Å². The minimum Gasteiger partial charge on any atom is -0.465 e. The van der Waals surface area contributed by atoms with Crippen LogP contribution in [0, 0.1) is 49.4 Å². The van der Waals surface area contributed by atoms with Crippen molar-refractivity contribution in [3.05, 3.63) is 32.9 Å². The fraction of sp³-hybridized carbons (Fsp3) is 0.788. The Kier molecular flexibility index (Phi) is 12.0. The highest BCUT2D eigenvalue weighted by Crippen LogP contribution is 2.47. The Morgan fingerprint density at radius 3 is 2.12 bits per heavy atom. The summed E-state index contributed by atoms with van der Waals surface area (Å²) in [7, 11) is 0. The lowest BCUT2D eigenvalue weighted by molar-refractivity contribution is -0.337. The van der Waals surface area contributed by atoms with Crippen molar-refractivity contribution in [1.29, 1.82) is 0 Å². The molecule has 0 radical (unpaired) electrons. The molecule has 8 nitrogen and oxygen atoms in total. The average molecular weight is 579 g/mol. The van der Waals surface area contributed by atoms with Gasteiger partial charge in [-0.1, -0.05) is 75.7 Å². The second-order valence-electron chi connectivity index (χ2n) is 12.9. The molecule has 2 N–H and O–H groups in total. The molecule has 0 unspecified atom stereocenters. The van der Waals surface area contributed by atoms with Crippen LogP contribution in [0.1, 0.15) is 111 Å². The summed E-state index contributed by atoms with van der Waals surface area (Å²) < 4.78 is 18.8. The second-order valence-corrected chi connectivity index (χ2v) is 12.9. The molecule has 41 heavy (non-hydrogen) atoms. The smallest absolute Gasteiger partial charge is 0.306 e. The van der Waals surface area contributed by atoms with Crippen LogP contribution in [0.4, 0.5) is 0 Å². The van der Waals surface area contributed by atoms with E-state index in [-0.39, 0.29) is 35.4 Å². The molecule has 1 aliphatic heterocycles. The van der Waals surface area contributed by atoms with E-state index in [0.717, 1.165) is 0 Å². The molecule has 10 atom stereocenters. The number of carbonyl (C=O) groups excluding carboxylic acids is 2. The van der Waals surface area contributed by atoms with Crippen molar-refractivity contribution in [1.82, 2.24) is 0 Å². The number of esters is 1. The minimum absolute atomic E-state index is 0.0851. The number of aryl methyl sites for hydroxylation is 1. The summed E-state index contributed by atoms with van der Waals surface area (Å²) in [6, 6.07) is 0. The average Bonchev–Trinajstić information content (AvgIpc) is 2.93. The Morgan fingerprint density at radius 2 is 1.61 bits per heavy atom. The van der Waals surface area contributed by atoms with Crippen LogP contribution >= 0.6 is 0 Å². The third kappa shape index (κ3) is 7.14. The van der Waals surface area contributed by atoms with Crippen LogP contribution in [0.2, 0.25) is 0 Å². The SMILES string of the molecule is CCc1oc([C@@H](C)[C@H]2O[C@@](O)([C@H](C)C(=O)[C@H](C)[C@@H](O)[C@@H](C)CC)[C@H](C)[C@H](OC(=O)CC(C)C)[C@H]2C)c(C)c(=O)c1C. The molecule has 1 fully saturated rings. The molecular weight excluding hydrogens is 524 g/mol. The first-order valence-corrected chi connectivity index (χ1v) is 15.4. The first kappa shape index (κ1) is 35.2. The fourth-order valence-corrected chi connectivity index (χ4v) is 6.33. The third-order valence-electron chi connectivity index (χ3n) is 9.51. The maximum Gasteiger partial charge on any atom is 0.306 e. The number of hydrogen-bond acceptors (Lipinski definition) is 8. The van der Waals surface area contributed by atoms with Gasteiger partial charge in [-0.2, -0.15) is 0 Å². The van der Waals surface area contributed by atoms with E-state index in [4.69, 9.17) is 13.9 Å². The maximum atomic E-state index is 13.7. The van der Waals surface area contributed by atoms with Gasteiger partial charge in [0.05, 0.1) is 18.1 Å². The summed E-state index contributed by atoms with van der Waals surface area (Å²) in [5.41, 5.74) is 0.934. The zero-order valence-electron chi connectivity index (χ0n) is 27.2.